The highest BCUT2D eigenvalue weighted by atomic mass is 16.5. The van der Waals surface area contributed by atoms with Gasteiger partial charge in [0.15, 0.2) is 6.23 Å². The molecule has 0 amide bonds. The molecule has 0 saturated carbocycles. The van der Waals surface area contributed by atoms with Gasteiger partial charge >= 0.3 is 0 Å². The third-order valence-electron chi connectivity index (χ3n) is 5.18. The lowest BCUT2D eigenvalue weighted by Gasteiger charge is -2.33. The van der Waals surface area contributed by atoms with Crippen LogP contribution in [0.15, 0.2) is 12.2 Å². The molecule has 0 aliphatic rings. The number of hydrogen-bond donors (Lipinski definition) is 0. The number of hydrogen-bond acceptors (Lipinski definition) is 1. The van der Waals surface area contributed by atoms with Crippen LogP contribution >= 0.6 is 0 Å². The average Bonchev–Trinajstić information content (AvgIpc) is 2.59. The van der Waals surface area contributed by atoms with Crippen LogP contribution in [0.2, 0.25) is 0 Å². The molecule has 0 saturated heterocycles. The van der Waals surface area contributed by atoms with Gasteiger partial charge in [-0.3, -0.25) is 0 Å². The van der Waals surface area contributed by atoms with Crippen molar-refractivity contribution in [1.82, 2.24) is 0 Å². The topological polar surface area (TPSA) is 9.23 Å². The molecule has 1 atom stereocenters. The van der Waals surface area contributed by atoms with E-state index in [9.17, 15) is 0 Å². The zero-order chi connectivity index (χ0) is 19.5. The highest BCUT2D eigenvalue weighted by Gasteiger charge is 2.21. The summed E-state index contributed by atoms with van der Waals surface area (Å²) in [7, 11) is 6.66. The summed E-state index contributed by atoms with van der Waals surface area (Å²) in [6.07, 6.45) is 25.3. The van der Waals surface area contributed by atoms with Crippen molar-refractivity contribution in [1.29, 1.82) is 0 Å². The predicted octanol–water partition coefficient (Wildman–Crippen LogP) is 7.48. The second-order valence-electron chi connectivity index (χ2n) is 8.79. The molecule has 0 spiro atoms. The van der Waals surface area contributed by atoms with E-state index in [0.29, 0.717) is 6.23 Å². The van der Waals surface area contributed by atoms with Gasteiger partial charge in [-0.25, -0.2) is 0 Å². The Morgan fingerprint density at radius 1 is 0.654 bits per heavy atom. The molecule has 26 heavy (non-hydrogen) atoms. The van der Waals surface area contributed by atoms with Gasteiger partial charge < -0.3 is 9.22 Å². The summed E-state index contributed by atoms with van der Waals surface area (Å²) in [6, 6.07) is 0. The highest BCUT2D eigenvalue weighted by Crippen LogP contribution is 2.12. The Balaban J connectivity index is 3.27. The molecular formula is C24H50NO+. The van der Waals surface area contributed by atoms with Crippen LogP contribution in [0.25, 0.3) is 0 Å². The van der Waals surface area contributed by atoms with Crippen molar-refractivity contribution in [3.63, 3.8) is 0 Å². The summed E-state index contributed by atoms with van der Waals surface area (Å²) >= 11 is 0. The maximum absolute atomic E-state index is 6.04. The van der Waals surface area contributed by atoms with Crippen LogP contribution in [-0.2, 0) is 4.74 Å². The van der Waals surface area contributed by atoms with Crippen LogP contribution in [0.3, 0.4) is 0 Å². The first kappa shape index (κ1) is 25.7. The molecule has 2 nitrogen and oxygen atoms in total. The standard InChI is InChI=1S/C24H50NO/c1-6-8-9-10-11-12-13-14-15-16-17-18-19-20-21-22-23-26-24(7-2)25(3,4)5/h14-15,24H,6-13,16-23H2,1-5H3/q+1/b15-14-. The lowest BCUT2D eigenvalue weighted by molar-refractivity contribution is -0.920. The maximum atomic E-state index is 6.04. The quantitative estimate of drug-likeness (QED) is 0.0993. The van der Waals surface area contributed by atoms with Gasteiger partial charge in [0.1, 0.15) is 0 Å². The van der Waals surface area contributed by atoms with Gasteiger partial charge in [0.25, 0.3) is 0 Å². The van der Waals surface area contributed by atoms with E-state index in [-0.39, 0.29) is 0 Å². The minimum absolute atomic E-state index is 0.345. The number of allylic oxidation sites excluding steroid dienone is 2. The van der Waals surface area contributed by atoms with Crippen LogP contribution in [0.5, 0.6) is 0 Å². The summed E-state index contributed by atoms with van der Waals surface area (Å²) in [6.45, 7) is 5.43. The first-order valence-corrected chi connectivity index (χ1v) is 11.6. The van der Waals surface area contributed by atoms with Crippen LogP contribution in [0, 0.1) is 0 Å². The lowest BCUT2D eigenvalue weighted by Crippen LogP contribution is -2.46. The molecule has 156 valence electrons. The van der Waals surface area contributed by atoms with Gasteiger partial charge in [0, 0.05) is 6.42 Å². The van der Waals surface area contributed by atoms with Crippen molar-refractivity contribution in [2.24, 2.45) is 0 Å². The van der Waals surface area contributed by atoms with Gasteiger partial charge in [-0.15, -0.1) is 0 Å². The molecule has 0 aromatic rings. The summed E-state index contributed by atoms with van der Waals surface area (Å²) in [4.78, 5) is 0. The fourth-order valence-electron chi connectivity index (χ4n) is 3.46. The van der Waals surface area contributed by atoms with Crippen molar-refractivity contribution in [3.05, 3.63) is 12.2 Å². The summed E-state index contributed by atoms with van der Waals surface area (Å²) in [5.41, 5.74) is 0. The molecule has 0 heterocycles. The van der Waals surface area contributed by atoms with Gasteiger partial charge in [0.2, 0.25) is 0 Å². The number of unbranched alkanes of at least 4 members (excludes halogenated alkanes) is 12. The van der Waals surface area contributed by atoms with E-state index in [2.05, 4.69) is 47.1 Å². The Labute approximate surface area is 166 Å². The van der Waals surface area contributed by atoms with Crippen molar-refractivity contribution >= 4 is 0 Å². The van der Waals surface area contributed by atoms with E-state index in [1.165, 1.54) is 89.9 Å². The second kappa shape index (κ2) is 18.0. The molecule has 0 aliphatic carbocycles. The van der Waals surface area contributed by atoms with Gasteiger partial charge in [-0.1, -0.05) is 83.8 Å². The molecule has 1 unspecified atom stereocenters. The van der Waals surface area contributed by atoms with E-state index >= 15 is 0 Å². The molecule has 0 fully saturated rings. The van der Waals surface area contributed by atoms with Crippen LogP contribution in [0.1, 0.15) is 110 Å². The molecule has 0 aromatic carbocycles. The van der Waals surface area contributed by atoms with Crippen molar-refractivity contribution in [3.8, 4) is 0 Å². The fourth-order valence-corrected chi connectivity index (χ4v) is 3.46. The van der Waals surface area contributed by atoms with Crippen molar-refractivity contribution in [2.45, 2.75) is 116 Å². The number of ether oxygens (including phenoxy) is 1. The molecule has 0 N–H and O–H groups in total. The van der Waals surface area contributed by atoms with E-state index in [1.807, 2.05) is 0 Å². The van der Waals surface area contributed by atoms with E-state index < -0.39 is 0 Å². The summed E-state index contributed by atoms with van der Waals surface area (Å²) in [5, 5.41) is 0. The maximum Gasteiger partial charge on any atom is 0.192 e. The summed E-state index contributed by atoms with van der Waals surface area (Å²) in [5.74, 6) is 0. The van der Waals surface area contributed by atoms with Crippen molar-refractivity contribution < 1.29 is 9.22 Å². The van der Waals surface area contributed by atoms with Gasteiger partial charge in [-0.2, -0.15) is 0 Å². The van der Waals surface area contributed by atoms with E-state index in [1.54, 1.807) is 0 Å². The minimum Gasteiger partial charge on any atom is -0.329 e. The monoisotopic (exact) mass is 368 g/mol. The Kier molecular flexibility index (Phi) is 17.8. The predicted molar refractivity (Wildman–Crippen MR) is 118 cm³/mol. The first-order chi connectivity index (χ1) is 12.5. The Morgan fingerprint density at radius 2 is 1.12 bits per heavy atom. The van der Waals surface area contributed by atoms with Crippen molar-refractivity contribution in [2.75, 3.05) is 27.7 Å². The molecule has 0 rings (SSSR count). The molecule has 0 radical (unpaired) electrons. The Hall–Kier alpha value is -0.340. The van der Waals surface area contributed by atoms with E-state index in [4.69, 9.17) is 4.74 Å². The molecule has 2 heteroatoms. The lowest BCUT2D eigenvalue weighted by atomic mass is 10.1. The van der Waals surface area contributed by atoms with Crippen LogP contribution in [-0.4, -0.2) is 38.5 Å². The van der Waals surface area contributed by atoms with Crippen LogP contribution < -0.4 is 0 Å². The Morgan fingerprint density at radius 3 is 1.58 bits per heavy atom. The second-order valence-corrected chi connectivity index (χ2v) is 8.79. The van der Waals surface area contributed by atoms with Gasteiger partial charge in [-0.05, 0) is 32.1 Å². The number of rotatable bonds is 19. The third-order valence-corrected chi connectivity index (χ3v) is 5.18. The number of quaternary nitrogens is 1. The average molecular weight is 369 g/mol. The molecule has 0 bridgehead atoms. The Bertz CT molecular complexity index is 306. The minimum atomic E-state index is 0.345. The third kappa shape index (κ3) is 17.1. The SMILES string of the molecule is CCCCCCCC/C=C\CCCCCCCCOC(CC)[N+](C)(C)C. The summed E-state index contributed by atoms with van der Waals surface area (Å²) < 4.78 is 6.94. The molecular weight excluding hydrogens is 318 g/mol. The smallest absolute Gasteiger partial charge is 0.192 e. The van der Waals surface area contributed by atoms with E-state index in [0.717, 1.165) is 17.5 Å². The zero-order valence-corrected chi connectivity index (χ0v) is 18.9. The largest absolute Gasteiger partial charge is 0.329 e. The number of nitrogens with zero attached hydrogens (tertiary/aromatic N) is 1. The molecule has 0 aliphatic heterocycles. The van der Waals surface area contributed by atoms with Crippen LogP contribution in [0.4, 0.5) is 0 Å². The zero-order valence-electron chi connectivity index (χ0n) is 18.9. The highest BCUT2D eigenvalue weighted by molar-refractivity contribution is 4.81. The molecule has 0 aromatic heterocycles. The van der Waals surface area contributed by atoms with Gasteiger partial charge in [0.05, 0.1) is 27.7 Å². The first-order valence-electron chi connectivity index (χ1n) is 11.6. The normalized spacial score (nSPS) is 13.6. The fraction of sp³-hybridized carbons (Fsp3) is 0.917.